The number of benzene rings is 3. The molecule has 2 heterocycles. The maximum Gasteiger partial charge on any atom is 0.321 e. The molecule has 178 valence electrons. The molecule has 0 bridgehead atoms. The van der Waals surface area contributed by atoms with Crippen LogP contribution in [0.2, 0.25) is 0 Å². The number of carboxylic acid groups (broad SMARTS) is 1. The lowest BCUT2D eigenvalue weighted by Gasteiger charge is -2.26. The minimum atomic E-state index is -1.78. The third-order valence-electron chi connectivity index (χ3n) is 6.21. The van der Waals surface area contributed by atoms with E-state index in [2.05, 4.69) is 4.98 Å². The highest BCUT2D eigenvalue weighted by atomic mass is 19.1. The summed E-state index contributed by atoms with van der Waals surface area (Å²) in [6.45, 7) is 1.72. The van der Waals surface area contributed by atoms with E-state index in [1.54, 1.807) is 48.7 Å². The van der Waals surface area contributed by atoms with Gasteiger partial charge in [0.1, 0.15) is 19.0 Å². The largest absolute Gasteiger partial charge is 0.490 e. The monoisotopic (exact) mass is 475 g/mol. The second-order valence-electron chi connectivity index (χ2n) is 8.46. The third kappa shape index (κ3) is 3.97. The number of carbonyl (C=O) groups is 2. The van der Waals surface area contributed by atoms with Crippen LogP contribution in [0.5, 0.6) is 17.2 Å². The molecule has 0 saturated heterocycles. The number of H-pyrrole nitrogens is 1. The van der Waals surface area contributed by atoms with Gasteiger partial charge in [-0.05, 0) is 61.0 Å². The van der Waals surface area contributed by atoms with Crippen LogP contribution in [-0.4, -0.2) is 41.2 Å². The Kier molecular flexibility index (Phi) is 5.64. The van der Waals surface area contributed by atoms with E-state index in [-0.39, 0.29) is 24.5 Å². The molecule has 0 fully saturated rings. The quantitative estimate of drug-likeness (QED) is 0.296. The van der Waals surface area contributed by atoms with Crippen molar-refractivity contribution in [2.45, 2.75) is 18.4 Å². The zero-order chi connectivity index (χ0) is 24.6. The van der Waals surface area contributed by atoms with Crippen molar-refractivity contribution in [2.24, 2.45) is 0 Å². The second-order valence-corrected chi connectivity index (χ2v) is 8.46. The molecule has 1 unspecified atom stereocenters. The highest BCUT2D eigenvalue weighted by molar-refractivity contribution is 6.18. The van der Waals surface area contributed by atoms with E-state index in [0.29, 0.717) is 22.4 Å². The number of hydrogen-bond acceptors (Lipinski definition) is 5. The number of ketones is 1. The number of hydrogen-bond donors (Lipinski definition) is 2. The number of halogens is 1. The number of aromatic nitrogens is 1. The van der Waals surface area contributed by atoms with Crippen LogP contribution in [0.3, 0.4) is 0 Å². The van der Waals surface area contributed by atoms with Gasteiger partial charge in [-0.1, -0.05) is 18.2 Å². The van der Waals surface area contributed by atoms with E-state index < -0.39 is 29.1 Å². The van der Waals surface area contributed by atoms with Crippen LogP contribution >= 0.6 is 0 Å². The van der Waals surface area contributed by atoms with Crippen LogP contribution in [0, 0.1) is 5.82 Å². The first kappa shape index (κ1) is 22.5. The Labute approximate surface area is 200 Å². The number of nitrogens with one attached hydrogen (secondary N) is 1. The maximum atomic E-state index is 14.0. The number of aromatic amines is 1. The summed E-state index contributed by atoms with van der Waals surface area (Å²) in [7, 11) is 0. The lowest BCUT2D eigenvalue weighted by atomic mass is 9.75. The molecular weight excluding hydrogens is 453 g/mol. The Morgan fingerprint density at radius 1 is 1.11 bits per heavy atom. The van der Waals surface area contributed by atoms with E-state index in [1.807, 2.05) is 6.07 Å². The molecule has 35 heavy (non-hydrogen) atoms. The number of para-hydroxylation sites is 1. The lowest BCUT2D eigenvalue weighted by Crippen LogP contribution is -2.41. The first-order valence-corrected chi connectivity index (χ1v) is 11.0. The summed E-state index contributed by atoms with van der Waals surface area (Å²) in [6.07, 6.45) is 1.19. The van der Waals surface area contributed by atoms with Gasteiger partial charge in [-0.2, -0.15) is 0 Å². The SMILES string of the molecule is CC(C(=O)O)(C(=O)c1ccc(OC[C@H]2COc3cccc(F)c3O2)cc1)c1cccc2[nH]ccc12. The van der Waals surface area contributed by atoms with Crippen LogP contribution in [-0.2, 0) is 10.2 Å². The van der Waals surface area contributed by atoms with Crippen molar-refractivity contribution < 1.29 is 33.3 Å². The van der Waals surface area contributed by atoms with Crippen LogP contribution in [0.15, 0.2) is 72.9 Å². The van der Waals surface area contributed by atoms with Crippen molar-refractivity contribution in [1.29, 1.82) is 0 Å². The number of rotatable bonds is 7. The summed E-state index contributed by atoms with van der Waals surface area (Å²) in [5, 5.41) is 10.8. The average molecular weight is 475 g/mol. The molecule has 4 aromatic rings. The molecule has 1 aliphatic heterocycles. The number of carbonyl (C=O) groups excluding carboxylic acids is 1. The van der Waals surface area contributed by atoms with Gasteiger partial charge in [-0.3, -0.25) is 9.59 Å². The molecule has 2 N–H and O–H groups in total. The van der Waals surface area contributed by atoms with Crippen molar-refractivity contribution >= 4 is 22.7 Å². The van der Waals surface area contributed by atoms with E-state index >= 15 is 0 Å². The number of fused-ring (bicyclic) bond motifs is 2. The van der Waals surface area contributed by atoms with Gasteiger partial charge in [-0.15, -0.1) is 0 Å². The third-order valence-corrected chi connectivity index (χ3v) is 6.21. The number of aliphatic carboxylic acids is 1. The smallest absolute Gasteiger partial charge is 0.321 e. The summed E-state index contributed by atoms with van der Waals surface area (Å²) < 4.78 is 30.9. The van der Waals surface area contributed by atoms with Crippen molar-refractivity contribution in [3.05, 3.63) is 89.9 Å². The topological polar surface area (TPSA) is 97.8 Å². The van der Waals surface area contributed by atoms with Gasteiger partial charge < -0.3 is 24.3 Å². The fourth-order valence-electron chi connectivity index (χ4n) is 4.22. The highest BCUT2D eigenvalue weighted by Gasteiger charge is 2.44. The molecule has 1 aromatic heterocycles. The van der Waals surface area contributed by atoms with Gasteiger partial charge in [0.05, 0.1) is 0 Å². The normalized spacial score (nSPS) is 16.5. The van der Waals surface area contributed by atoms with Crippen molar-refractivity contribution in [1.82, 2.24) is 4.98 Å². The minimum Gasteiger partial charge on any atom is -0.490 e. The predicted molar refractivity (Wildman–Crippen MR) is 126 cm³/mol. The fourth-order valence-corrected chi connectivity index (χ4v) is 4.22. The van der Waals surface area contributed by atoms with Crippen LogP contribution in [0.4, 0.5) is 4.39 Å². The van der Waals surface area contributed by atoms with Crippen LogP contribution < -0.4 is 14.2 Å². The zero-order valence-corrected chi connectivity index (χ0v) is 18.8. The molecule has 8 heteroatoms. The van der Waals surface area contributed by atoms with Crippen LogP contribution in [0.25, 0.3) is 10.9 Å². The van der Waals surface area contributed by atoms with Crippen molar-refractivity contribution in [3.8, 4) is 17.2 Å². The Morgan fingerprint density at radius 3 is 2.66 bits per heavy atom. The summed E-state index contributed by atoms with van der Waals surface area (Å²) in [5.41, 5.74) is -0.378. The summed E-state index contributed by atoms with van der Waals surface area (Å²) in [4.78, 5) is 28.8. The molecule has 0 saturated carbocycles. The Bertz CT molecular complexity index is 1410. The van der Waals surface area contributed by atoms with Gasteiger partial charge in [0.15, 0.2) is 34.6 Å². The highest BCUT2D eigenvalue weighted by Crippen LogP contribution is 2.35. The summed E-state index contributed by atoms with van der Waals surface area (Å²) in [6, 6.07) is 17.7. The standard InChI is InChI=1S/C27H22FNO6/c1-27(26(31)32,20-4-2-6-22-19(20)12-13-29-22)25(30)16-8-10-17(11-9-16)33-14-18-15-34-23-7-3-5-21(28)24(23)35-18/h2-13,18,29H,14-15H2,1H3,(H,31,32)/t18-,27?/m0/s1. The minimum absolute atomic E-state index is 0.0543. The van der Waals surface area contributed by atoms with E-state index in [0.717, 1.165) is 5.52 Å². The molecular formula is C27H22FNO6. The molecule has 3 aromatic carbocycles. The Balaban J connectivity index is 1.32. The zero-order valence-electron chi connectivity index (χ0n) is 18.8. The maximum absolute atomic E-state index is 14.0. The van der Waals surface area contributed by atoms with Gasteiger partial charge in [-0.25, -0.2) is 4.39 Å². The van der Waals surface area contributed by atoms with Gasteiger partial charge in [0.25, 0.3) is 0 Å². The predicted octanol–water partition coefficient (Wildman–Crippen LogP) is 4.75. The van der Waals surface area contributed by atoms with Gasteiger partial charge in [0, 0.05) is 22.7 Å². The number of carboxylic acids is 1. The summed E-state index contributed by atoms with van der Waals surface area (Å²) in [5.74, 6) is -1.43. The molecule has 1 aliphatic rings. The van der Waals surface area contributed by atoms with Gasteiger partial charge >= 0.3 is 5.97 Å². The Morgan fingerprint density at radius 2 is 1.89 bits per heavy atom. The fraction of sp³-hybridized carbons (Fsp3) is 0.185. The van der Waals surface area contributed by atoms with Crippen molar-refractivity contribution in [3.63, 3.8) is 0 Å². The number of ether oxygens (including phenoxy) is 3. The first-order chi connectivity index (χ1) is 16.9. The Hall–Kier alpha value is -4.33. The van der Waals surface area contributed by atoms with Crippen molar-refractivity contribution in [2.75, 3.05) is 13.2 Å². The molecule has 2 atom stereocenters. The van der Waals surface area contributed by atoms with Gasteiger partial charge in [0.2, 0.25) is 0 Å². The average Bonchev–Trinajstić information content (AvgIpc) is 3.36. The molecule has 7 nitrogen and oxygen atoms in total. The van der Waals surface area contributed by atoms with E-state index in [9.17, 15) is 19.1 Å². The van der Waals surface area contributed by atoms with Crippen LogP contribution in [0.1, 0.15) is 22.8 Å². The summed E-state index contributed by atoms with van der Waals surface area (Å²) >= 11 is 0. The molecule has 0 radical (unpaired) electrons. The lowest BCUT2D eigenvalue weighted by molar-refractivity contribution is -0.141. The molecule has 5 rings (SSSR count). The van der Waals surface area contributed by atoms with E-state index in [1.165, 1.54) is 25.1 Å². The second kappa shape index (κ2) is 8.79. The van der Waals surface area contributed by atoms with E-state index in [4.69, 9.17) is 14.2 Å². The first-order valence-electron chi connectivity index (χ1n) is 11.0. The molecule has 0 spiro atoms. The molecule has 0 amide bonds. The molecule has 0 aliphatic carbocycles. The number of Topliss-reactive ketones (excluding diaryl/α,β-unsaturated/α-hetero) is 1.